The van der Waals surface area contributed by atoms with Gasteiger partial charge in [0.15, 0.2) is 0 Å². The zero-order valence-electron chi connectivity index (χ0n) is 14.5. The van der Waals surface area contributed by atoms with E-state index in [0.717, 1.165) is 12.1 Å². The fraction of sp³-hybridized carbons (Fsp3) is 0.625. The summed E-state index contributed by atoms with van der Waals surface area (Å²) in [5.74, 6) is -1.30. The van der Waals surface area contributed by atoms with Crippen molar-refractivity contribution in [2.45, 2.75) is 51.0 Å². The molecule has 9 heteroatoms. The van der Waals surface area contributed by atoms with E-state index in [1.807, 2.05) is 0 Å². The molecule has 0 radical (unpaired) electrons. The van der Waals surface area contributed by atoms with Crippen LogP contribution in [0.5, 0.6) is 0 Å². The maximum Gasteiger partial charge on any atom is 0.419 e. The summed E-state index contributed by atoms with van der Waals surface area (Å²) in [5.41, 5.74) is -1.10. The van der Waals surface area contributed by atoms with Crippen LogP contribution < -0.4 is 10.0 Å². The Morgan fingerprint density at radius 1 is 1.00 bits per heavy atom. The molecule has 2 N–H and O–H groups in total. The second-order valence-electron chi connectivity index (χ2n) is 6.69. The van der Waals surface area contributed by atoms with Crippen molar-refractivity contribution >= 4 is 15.7 Å². The third kappa shape index (κ3) is 6.81. The molecule has 0 unspecified atom stereocenters. The lowest BCUT2D eigenvalue weighted by Gasteiger charge is -2.19. The average molecular weight is 384 g/mol. The first-order chi connectivity index (χ1) is 11.3. The van der Waals surface area contributed by atoms with E-state index in [1.54, 1.807) is 20.8 Å². The topological polar surface area (TPSA) is 58.2 Å². The fourth-order valence-corrected chi connectivity index (χ4v) is 2.78. The quantitative estimate of drug-likeness (QED) is 0.523. The molecular weight excluding hydrogens is 360 g/mol. The highest BCUT2D eigenvalue weighted by molar-refractivity contribution is 7.90. The Kier molecular flexibility index (Phi) is 7.25. The molecule has 0 fully saturated rings. The molecule has 0 saturated heterocycles. The van der Waals surface area contributed by atoms with Gasteiger partial charge in [0.1, 0.15) is 5.82 Å². The molecule has 0 aliphatic heterocycles. The van der Waals surface area contributed by atoms with E-state index >= 15 is 0 Å². The lowest BCUT2D eigenvalue weighted by molar-refractivity contribution is -0.139. The van der Waals surface area contributed by atoms with Crippen molar-refractivity contribution in [1.82, 2.24) is 4.72 Å². The lowest BCUT2D eigenvalue weighted by Crippen LogP contribution is -2.39. The van der Waals surface area contributed by atoms with E-state index < -0.39 is 32.3 Å². The van der Waals surface area contributed by atoms with Gasteiger partial charge in [-0.05, 0) is 51.8 Å². The number of benzene rings is 1. The molecule has 25 heavy (non-hydrogen) atoms. The molecule has 1 aromatic carbocycles. The van der Waals surface area contributed by atoms with Crippen molar-refractivity contribution in [3.05, 3.63) is 29.6 Å². The second-order valence-corrected chi connectivity index (χ2v) is 9.21. The van der Waals surface area contributed by atoms with Crippen molar-refractivity contribution in [3.8, 4) is 0 Å². The molecule has 144 valence electrons. The van der Waals surface area contributed by atoms with Crippen LogP contribution in [0.3, 0.4) is 0 Å². The van der Waals surface area contributed by atoms with Crippen LogP contribution in [0.1, 0.15) is 45.6 Å². The number of alkyl halides is 3. The summed E-state index contributed by atoms with van der Waals surface area (Å²) >= 11 is 0. The molecule has 0 saturated carbocycles. The minimum Gasteiger partial charge on any atom is -0.385 e. The molecule has 0 aliphatic rings. The SMILES string of the molecule is CC(C)(C)S(=O)(=O)NCCCCCNc1ccc(F)c(C(F)(F)F)c1. The molecule has 4 nitrogen and oxygen atoms in total. The molecule has 1 aromatic rings. The third-order valence-electron chi connectivity index (χ3n) is 3.55. The van der Waals surface area contributed by atoms with Crippen LogP contribution >= 0.6 is 0 Å². The van der Waals surface area contributed by atoms with E-state index in [1.165, 1.54) is 6.07 Å². The predicted molar refractivity (Wildman–Crippen MR) is 90.4 cm³/mol. The molecule has 0 amide bonds. The molecule has 0 aliphatic carbocycles. The number of rotatable bonds is 8. The number of anilines is 1. The van der Waals surface area contributed by atoms with Crippen LogP contribution in [0.4, 0.5) is 23.2 Å². The number of hydrogen-bond acceptors (Lipinski definition) is 3. The van der Waals surface area contributed by atoms with Crippen LogP contribution in [0, 0.1) is 5.82 Å². The summed E-state index contributed by atoms with van der Waals surface area (Å²) < 4.78 is 76.3. The van der Waals surface area contributed by atoms with E-state index in [-0.39, 0.29) is 5.69 Å². The highest BCUT2D eigenvalue weighted by Gasteiger charge is 2.34. The number of sulfonamides is 1. The van der Waals surface area contributed by atoms with E-state index in [4.69, 9.17) is 0 Å². The van der Waals surface area contributed by atoms with Gasteiger partial charge >= 0.3 is 6.18 Å². The summed E-state index contributed by atoms with van der Waals surface area (Å²) in [7, 11) is -3.36. The van der Waals surface area contributed by atoms with E-state index in [2.05, 4.69) is 10.0 Å². The third-order valence-corrected chi connectivity index (χ3v) is 5.75. The molecule has 0 heterocycles. The Bertz CT molecular complexity index is 668. The van der Waals surface area contributed by atoms with Crippen LogP contribution in [0.15, 0.2) is 18.2 Å². The first-order valence-corrected chi connectivity index (χ1v) is 9.43. The van der Waals surface area contributed by atoms with Crippen LogP contribution in [-0.4, -0.2) is 26.3 Å². The van der Waals surface area contributed by atoms with Gasteiger partial charge in [-0.15, -0.1) is 0 Å². The van der Waals surface area contributed by atoms with Gasteiger partial charge in [0, 0.05) is 18.8 Å². The standard InChI is InChI=1S/C16H24F4N2O2S/c1-15(2,3)25(23,24)22-10-6-4-5-9-21-12-7-8-14(17)13(11-12)16(18,19)20/h7-8,11,21-22H,4-6,9-10H2,1-3H3. The van der Waals surface area contributed by atoms with Gasteiger partial charge in [0.25, 0.3) is 0 Å². The van der Waals surface area contributed by atoms with Crippen molar-refractivity contribution in [1.29, 1.82) is 0 Å². The lowest BCUT2D eigenvalue weighted by atomic mass is 10.1. The van der Waals surface area contributed by atoms with Crippen LogP contribution in [0.2, 0.25) is 0 Å². The Morgan fingerprint density at radius 2 is 1.60 bits per heavy atom. The summed E-state index contributed by atoms with van der Waals surface area (Å²) in [6, 6.07) is 2.78. The predicted octanol–water partition coefficient (Wildman–Crippen LogP) is 4.14. The number of unbranched alkanes of at least 4 members (excludes halogenated alkanes) is 2. The molecule has 1 rings (SSSR count). The molecule has 0 atom stereocenters. The van der Waals surface area contributed by atoms with Crippen molar-refractivity contribution < 1.29 is 26.0 Å². The number of halogens is 4. The average Bonchev–Trinajstić information content (AvgIpc) is 2.45. The van der Waals surface area contributed by atoms with Crippen molar-refractivity contribution in [3.63, 3.8) is 0 Å². The van der Waals surface area contributed by atoms with Gasteiger partial charge in [-0.3, -0.25) is 0 Å². The highest BCUT2D eigenvalue weighted by atomic mass is 32.2. The fourth-order valence-electron chi connectivity index (χ4n) is 1.94. The van der Waals surface area contributed by atoms with Crippen LogP contribution in [0.25, 0.3) is 0 Å². The van der Waals surface area contributed by atoms with Gasteiger partial charge in [0.2, 0.25) is 10.0 Å². The number of nitrogens with one attached hydrogen (secondary N) is 2. The minimum atomic E-state index is -4.73. The van der Waals surface area contributed by atoms with Crippen LogP contribution in [-0.2, 0) is 16.2 Å². The Labute approximate surface area is 146 Å². The smallest absolute Gasteiger partial charge is 0.385 e. The molecule has 0 spiro atoms. The minimum absolute atomic E-state index is 0.196. The van der Waals surface area contributed by atoms with Crippen molar-refractivity contribution in [2.75, 3.05) is 18.4 Å². The molecular formula is C16H24F4N2O2S. The van der Waals surface area contributed by atoms with Gasteiger partial charge in [-0.2, -0.15) is 13.2 Å². The normalized spacial score (nSPS) is 13.1. The maximum atomic E-state index is 13.2. The maximum absolute atomic E-state index is 13.2. The zero-order valence-corrected chi connectivity index (χ0v) is 15.3. The zero-order chi connectivity index (χ0) is 19.3. The van der Waals surface area contributed by atoms with E-state index in [0.29, 0.717) is 32.4 Å². The summed E-state index contributed by atoms with van der Waals surface area (Å²) in [6.45, 7) is 5.55. The first kappa shape index (κ1) is 21.7. The summed E-state index contributed by atoms with van der Waals surface area (Å²) in [5, 5.41) is 2.81. The molecule has 0 bridgehead atoms. The van der Waals surface area contributed by atoms with Gasteiger partial charge < -0.3 is 5.32 Å². The molecule has 0 aromatic heterocycles. The Hall–Kier alpha value is -1.35. The largest absolute Gasteiger partial charge is 0.419 e. The highest BCUT2D eigenvalue weighted by Crippen LogP contribution is 2.32. The second kappa shape index (κ2) is 8.35. The monoisotopic (exact) mass is 384 g/mol. The summed E-state index contributed by atoms with van der Waals surface area (Å²) in [6.07, 6.45) is -2.76. The first-order valence-electron chi connectivity index (χ1n) is 7.94. The van der Waals surface area contributed by atoms with Gasteiger partial charge in [-0.25, -0.2) is 17.5 Å². The Balaban J connectivity index is 2.34. The van der Waals surface area contributed by atoms with Gasteiger partial charge in [-0.1, -0.05) is 6.42 Å². The Morgan fingerprint density at radius 3 is 2.16 bits per heavy atom. The van der Waals surface area contributed by atoms with Crippen molar-refractivity contribution in [2.24, 2.45) is 0 Å². The van der Waals surface area contributed by atoms with Gasteiger partial charge in [0.05, 0.1) is 10.3 Å². The van der Waals surface area contributed by atoms with E-state index in [9.17, 15) is 26.0 Å². The number of hydrogen-bond donors (Lipinski definition) is 2. The summed E-state index contributed by atoms with van der Waals surface area (Å²) in [4.78, 5) is 0.